The molecule has 0 bridgehead atoms. The van der Waals surface area contributed by atoms with Gasteiger partial charge >= 0.3 is 0 Å². The molecule has 0 spiro atoms. The molecule has 0 atom stereocenters. The summed E-state index contributed by atoms with van der Waals surface area (Å²) < 4.78 is 0.927. The van der Waals surface area contributed by atoms with E-state index in [4.69, 9.17) is 0 Å². The second kappa shape index (κ2) is 7.72. The first kappa shape index (κ1) is 16.9. The van der Waals surface area contributed by atoms with Gasteiger partial charge in [0.15, 0.2) is 11.6 Å². The number of rotatable bonds is 4. The lowest BCUT2D eigenvalue weighted by Crippen LogP contribution is -2.44. The first-order valence-electron chi connectivity index (χ1n) is 7.92. The Morgan fingerprint density at radius 1 is 1.12 bits per heavy atom. The Labute approximate surface area is 150 Å². The lowest BCUT2D eigenvalue weighted by Gasteiger charge is -2.32. The van der Waals surface area contributed by atoms with Gasteiger partial charge < -0.3 is 15.1 Å². The third kappa shape index (κ3) is 4.30. The van der Waals surface area contributed by atoms with Crippen LogP contribution in [0.2, 0.25) is 0 Å². The molecule has 0 radical (unpaired) electrons. The number of carbonyl (C=O) groups is 1. The van der Waals surface area contributed by atoms with Crippen molar-refractivity contribution in [2.45, 2.75) is 6.42 Å². The standard InChI is InChI=1S/C17H20BrN5O/c1-22-8-10-23(11-9-22)16-7-6-15(20-21-16)19-17(24)12-13-4-2-3-5-14(13)18/h2-7H,8-12H2,1H3,(H,19,20,24). The Morgan fingerprint density at radius 2 is 1.88 bits per heavy atom. The SMILES string of the molecule is CN1CCN(c2ccc(NC(=O)Cc3ccccc3Br)nn2)CC1. The van der Waals surface area contributed by atoms with Crippen molar-refractivity contribution >= 4 is 33.5 Å². The lowest BCUT2D eigenvalue weighted by molar-refractivity contribution is -0.115. The van der Waals surface area contributed by atoms with Gasteiger partial charge in [0.2, 0.25) is 5.91 Å². The van der Waals surface area contributed by atoms with E-state index < -0.39 is 0 Å². The summed E-state index contributed by atoms with van der Waals surface area (Å²) in [5.41, 5.74) is 0.942. The number of benzene rings is 1. The number of hydrogen-bond donors (Lipinski definition) is 1. The maximum Gasteiger partial charge on any atom is 0.230 e. The zero-order valence-electron chi connectivity index (χ0n) is 13.6. The smallest absolute Gasteiger partial charge is 0.230 e. The summed E-state index contributed by atoms with van der Waals surface area (Å²) >= 11 is 3.45. The minimum Gasteiger partial charge on any atom is -0.353 e. The fourth-order valence-electron chi connectivity index (χ4n) is 2.60. The molecular weight excluding hydrogens is 370 g/mol. The number of amides is 1. The highest BCUT2D eigenvalue weighted by Crippen LogP contribution is 2.17. The van der Waals surface area contributed by atoms with E-state index in [1.807, 2.05) is 30.3 Å². The zero-order chi connectivity index (χ0) is 16.9. The number of piperazine rings is 1. The molecule has 126 valence electrons. The van der Waals surface area contributed by atoms with Crippen LogP contribution >= 0.6 is 15.9 Å². The summed E-state index contributed by atoms with van der Waals surface area (Å²) in [5, 5.41) is 11.2. The van der Waals surface area contributed by atoms with Crippen LogP contribution in [-0.4, -0.2) is 54.2 Å². The number of anilines is 2. The maximum absolute atomic E-state index is 12.1. The average molecular weight is 390 g/mol. The lowest BCUT2D eigenvalue weighted by atomic mass is 10.1. The van der Waals surface area contributed by atoms with E-state index in [0.717, 1.165) is 42.0 Å². The molecule has 7 heteroatoms. The van der Waals surface area contributed by atoms with Gasteiger partial charge in [-0.1, -0.05) is 34.1 Å². The Hall–Kier alpha value is -1.99. The van der Waals surface area contributed by atoms with Crippen LogP contribution in [0.4, 0.5) is 11.6 Å². The molecule has 1 saturated heterocycles. The summed E-state index contributed by atoms with van der Waals surface area (Å²) in [6, 6.07) is 11.4. The van der Waals surface area contributed by atoms with Crippen LogP contribution in [0.3, 0.4) is 0 Å². The van der Waals surface area contributed by atoms with E-state index >= 15 is 0 Å². The molecule has 0 unspecified atom stereocenters. The molecular formula is C17H20BrN5O. The van der Waals surface area contributed by atoms with Gasteiger partial charge in [0.1, 0.15) is 0 Å². The van der Waals surface area contributed by atoms with Crippen LogP contribution < -0.4 is 10.2 Å². The van der Waals surface area contributed by atoms with Gasteiger partial charge in [0, 0.05) is 30.7 Å². The Kier molecular flexibility index (Phi) is 5.42. The number of carbonyl (C=O) groups excluding carboxylic acids is 1. The van der Waals surface area contributed by atoms with E-state index in [1.165, 1.54) is 0 Å². The van der Waals surface area contributed by atoms with Gasteiger partial charge in [0.05, 0.1) is 6.42 Å². The maximum atomic E-state index is 12.1. The van der Waals surface area contributed by atoms with E-state index in [2.05, 4.69) is 48.3 Å². The monoisotopic (exact) mass is 389 g/mol. The largest absolute Gasteiger partial charge is 0.353 e. The first-order chi connectivity index (χ1) is 11.6. The molecule has 1 aromatic carbocycles. The van der Waals surface area contributed by atoms with Crippen molar-refractivity contribution in [2.75, 3.05) is 43.4 Å². The Bertz CT molecular complexity index is 698. The quantitative estimate of drug-likeness (QED) is 0.867. The van der Waals surface area contributed by atoms with Crippen molar-refractivity contribution in [1.82, 2.24) is 15.1 Å². The van der Waals surface area contributed by atoms with Crippen LogP contribution in [-0.2, 0) is 11.2 Å². The average Bonchev–Trinajstić information content (AvgIpc) is 2.58. The highest BCUT2D eigenvalue weighted by Gasteiger charge is 2.16. The Morgan fingerprint density at radius 3 is 2.54 bits per heavy atom. The molecule has 2 heterocycles. The second-order valence-corrected chi connectivity index (χ2v) is 6.74. The van der Waals surface area contributed by atoms with Crippen molar-refractivity contribution in [2.24, 2.45) is 0 Å². The van der Waals surface area contributed by atoms with Crippen LogP contribution in [0.25, 0.3) is 0 Å². The molecule has 1 amide bonds. The van der Waals surface area contributed by atoms with Crippen LogP contribution in [0.15, 0.2) is 40.9 Å². The predicted molar refractivity (Wildman–Crippen MR) is 98.2 cm³/mol. The molecule has 1 aromatic heterocycles. The number of likely N-dealkylation sites (N-methyl/N-ethyl adjacent to an activating group) is 1. The molecule has 0 saturated carbocycles. The van der Waals surface area contributed by atoms with E-state index in [0.29, 0.717) is 12.2 Å². The number of halogens is 1. The van der Waals surface area contributed by atoms with Crippen LogP contribution in [0.5, 0.6) is 0 Å². The molecule has 1 aliphatic heterocycles. The third-order valence-electron chi connectivity index (χ3n) is 4.05. The van der Waals surface area contributed by atoms with Crippen molar-refractivity contribution in [3.63, 3.8) is 0 Å². The van der Waals surface area contributed by atoms with Gasteiger partial charge in [-0.05, 0) is 30.8 Å². The minimum atomic E-state index is -0.108. The number of aromatic nitrogens is 2. The van der Waals surface area contributed by atoms with Gasteiger partial charge in [-0.2, -0.15) is 0 Å². The summed E-state index contributed by atoms with van der Waals surface area (Å²) in [6.07, 6.45) is 0.295. The van der Waals surface area contributed by atoms with E-state index in [1.54, 1.807) is 6.07 Å². The fourth-order valence-corrected chi connectivity index (χ4v) is 3.02. The summed E-state index contributed by atoms with van der Waals surface area (Å²) in [6.45, 7) is 3.93. The molecule has 0 aliphatic carbocycles. The number of nitrogens with zero attached hydrogens (tertiary/aromatic N) is 4. The summed E-state index contributed by atoms with van der Waals surface area (Å²) in [4.78, 5) is 16.6. The highest BCUT2D eigenvalue weighted by atomic mass is 79.9. The Balaban J connectivity index is 1.58. The minimum absolute atomic E-state index is 0.108. The highest BCUT2D eigenvalue weighted by molar-refractivity contribution is 9.10. The molecule has 1 fully saturated rings. The second-order valence-electron chi connectivity index (χ2n) is 5.88. The zero-order valence-corrected chi connectivity index (χ0v) is 15.2. The molecule has 1 N–H and O–H groups in total. The van der Waals surface area contributed by atoms with Crippen LogP contribution in [0, 0.1) is 0 Å². The topological polar surface area (TPSA) is 61.4 Å². The van der Waals surface area contributed by atoms with E-state index in [-0.39, 0.29) is 5.91 Å². The molecule has 24 heavy (non-hydrogen) atoms. The fraction of sp³-hybridized carbons (Fsp3) is 0.353. The van der Waals surface area contributed by atoms with Crippen molar-refractivity contribution < 1.29 is 4.79 Å². The predicted octanol–water partition coefficient (Wildman–Crippen LogP) is 2.17. The first-order valence-corrected chi connectivity index (χ1v) is 8.71. The molecule has 6 nitrogen and oxygen atoms in total. The summed E-state index contributed by atoms with van der Waals surface area (Å²) in [5.74, 6) is 1.22. The van der Waals surface area contributed by atoms with Crippen molar-refractivity contribution in [3.8, 4) is 0 Å². The molecule has 2 aromatic rings. The third-order valence-corrected chi connectivity index (χ3v) is 4.83. The van der Waals surface area contributed by atoms with Crippen molar-refractivity contribution in [1.29, 1.82) is 0 Å². The van der Waals surface area contributed by atoms with Crippen LogP contribution in [0.1, 0.15) is 5.56 Å². The number of hydrogen-bond acceptors (Lipinski definition) is 5. The van der Waals surface area contributed by atoms with Gasteiger partial charge in [0.25, 0.3) is 0 Å². The molecule has 3 rings (SSSR count). The van der Waals surface area contributed by atoms with Gasteiger partial charge in [-0.25, -0.2) is 0 Å². The van der Waals surface area contributed by atoms with E-state index in [9.17, 15) is 4.79 Å². The van der Waals surface area contributed by atoms with Gasteiger partial charge in [-0.15, -0.1) is 10.2 Å². The van der Waals surface area contributed by atoms with Crippen molar-refractivity contribution in [3.05, 3.63) is 46.4 Å². The summed E-state index contributed by atoms with van der Waals surface area (Å²) in [7, 11) is 2.12. The van der Waals surface area contributed by atoms with Gasteiger partial charge in [-0.3, -0.25) is 4.79 Å². The normalized spacial score (nSPS) is 15.3. The molecule has 1 aliphatic rings. The number of nitrogens with one attached hydrogen (secondary N) is 1.